The number of hydrogen-bond acceptors (Lipinski definition) is 4. The molecule has 2 heterocycles. The van der Waals surface area contributed by atoms with E-state index in [0.717, 1.165) is 37.0 Å². The van der Waals surface area contributed by atoms with Crippen molar-refractivity contribution in [2.75, 3.05) is 0 Å². The summed E-state index contributed by atoms with van der Waals surface area (Å²) in [6, 6.07) is 18.5. The van der Waals surface area contributed by atoms with Gasteiger partial charge in [-0.1, -0.05) is 59.8 Å². The van der Waals surface area contributed by atoms with Crippen molar-refractivity contribution in [2.45, 2.75) is 23.8 Å². The van der Waals surface area contributed by atoms with Gasteiger partial charge in [0, 0.05) is 10.5 Å². The Kier molecular flexibility index (Phi) is 4.31. The molecule has 0 radical (unpaired) electrons. The number of fused-ring (bicyclic) bond motifs is 1. The highest BCUT2D eigenvalue weighted by Gasteiger charge is 2.17. The Morgan fingerprint density at radius 2 is 1.64 bits per heavy atom. The molecule has 0 amide bonds. The SMILES string of the molecule is Cc1ccc(Sc2nnc3c(Br)c(-c4ccccc4)nn3c2C)cc1. The van der Waals surface area contributed by atoms with Gasteiger partial charge in [-0.25, -0.2) is 4.52 Å². The first-order valence-corrected chi connectivity index (χ1v) is 9.46. The quantitative estimate of drug-likeness (QED) is 0.458. The van der Waals surface area contributed by atoms with Crippen molar-refractivity contribution >= 4 is 33.3 Å². The van der Waals surface area contributed by atoms with E-state index in [9.17, 15) is 0 Å². The molecule has 0 spiro atoms. The predicted octanol–water partition coefficient (Wildman–Crippen LogP) is 5.32. The molecule has 0 fully saturated rings. The molecule has 6 heteroatoms. The van der Waals surface area contributed by atoms with E-state index in [2.05, 4.69) is 57.3 Å². The summed E-state index contributed by atoms with van der Waals surface area (Å²) in [4.78, 5) is 1.14. The van der Waals surface area contributed by atoms with Crippen LogP contribution in [0.15, 0.2) is 69.0 Å². The van der Waals surface area contributed by atoms with Crippen LogP contribution in [0.4, 0.5) is 0 Å². The van der Waals surface area contributed by atoms with Crippen molar-refractivity contribution in [3.05, 3.63) is 70.3 Å². The molecule has 0 atom stereocenters. The molecule has 0 bridgehead atoms. The van der Waals surface area contributed by atoms with Crippen LogP contribution in [0.2, 0.25) is 0 Å². The normalized spacial score (nSPS) is 11.2. The molecule has 4 rings (SSSR count). The van der Waals surface area contributed by atoms with Crippen LogP contribution in [0.5, 0.6) is 0 Å². The predicted molar refractivity (Wildman–Crippen MR) is 104 cm³/mol. The average molecular weight is 411 g/mol. The van der Waals surface area contributed by atoms with Crippen molar-refractivity contribution in [1.82, 2.24) is 19.8 Å². The summed E-state index contributed by atoms with van der Waals surface area (Å²) in [7, 11) is 0. The minimum absolute atomic E-state index is 0.726. The number of rotatable bonds is 3. The first-order chi connectivity index (χ1) is 12.1. The minimum Gasteiger partial charge on any atom is -0.213 e. The largest absolute Gasteiger partial charge is 0.213 e. The smallest absolute Gasteiger partial charge is 0.192 e. The molecule has 124 valence electrons. The lowest BCUT2D eigenvalue weighted by Gasteiger charge is -2.05. The van der Waals surface area contributed by atoms with E-state index in [-0.39, 0.29) is 0 Å². The van der Waals surface area contributed by atoms with Crippen molar-refractivity contribution < 1.29 is 0 Å². The molecule has 0 saturated heterocycles. The third kappa shape index (κ3) is 3.07. The highest BCUT2D eigenvalue weighted by molar-refractivity contribution is 9.10. The molecule has 0 aliphatic carbocycles. The fourth-order valence-electron chi connectivity index (χ4n) is 2.56. The number of aromatic nitrogens is 4. The number of halogens is 1. The highest BCUT2D eigenvalue weighted by Crippen LogP contribution is 2.33. The van der Waals surface area contributed by atoms with Crippen LogP contribution in [0.3, 0.4) is 0 Å². The van der Waals surface area contributed by atoms with Crippen LogP contribution in [0.25, 0.3) is 16.9 Å². The Morgan fingerprint density at radius 1 is 0.920 bits per heavy atom. The van der Waals surface area contributed by atoms with Crippen molar-refractivity contribution in [3.8, 4) is 11.3 Å². The molecule has 0 saturated carbocycles. The zero-order chi connectivity index (χ0) is 17.4. The Labute approximate surface area is 158 Å². The van der Waals surface area contributed by atoms with E-state index in [1.165, 1.54) is 5.56 Å². The summed E-state index contributed by atoms with van der Waals surface area (Å²) < 4.78 is 2.72. The van der Waals surface area contributed by atoms with Gasteiger partial charge in [-0.3, -0.25) is 0 Å². The van der Waals surface area contributed by atoms with E-state index in [1.54, 1.807) is 11.8 Å². The molecule has 0 unspecified atom stereocenters. The lowest BCUT2D eigenvalue weighted by atomic mass is 10.2. The summed E-state index contributed by atoms with van der Waals surface area (Å²) in [5.74, 6) is 0. The molecular formula is C19H15BrN4S. The van der Waals surface area contributed by atoms with Crippen molar-refractivity contribution in [3.63, 3.8) is 0 Å². The van der Waals surface area contributed by atoms with Crippen LogP contribution in [0.1, 0.15) is 11.3 Å². The first-order valence-electron chi connectivity index (χ1n) is 7.85. The van der Waals surface area contributed by atoms with Gasteiger partial charge in [0.2, 0.25) is 0 Å². The molecule has 4 nitrogen and oxygen atoms in total. The zero-order valence-corrected chi connectivity index (χ0v) is 16.2. The third-order valence-electron chi connectivity index (χ3n) is 3.95. The van der Waals surface area contributed by atoms with Gasteiger partial charge in [-0.05, 0) is 41.9 Å². The Hall–Kier alpha value is -2.18. The number of aryl methyl sites for hydroxylation is 2. The van der Waals surface area contributed by atoms with E-state index >= 15 is 0 Å². The lowest BCUT2D eigenvalue weighted by Crippen LogP contribution is -2.01. The molecule has 25 heavy (non-hydrogen) atoms. The molecule has 0 aliphatic rings. The molecule has 0 N–H and O–H groups in total. The third-order valence-corrected chi connectivity index (χ3v) is 5.76. The van der Waals surface area contributed by atoms with Gasteiger partial charge < -0.3 is 0 Å². The van der Waals surface area contributed by atoms with Gasteiger partial charge in [-0.2, -0.15) is 5.10 Å². The number of benzene rings is 2. The van der Waals surface area contributed by atoms with Crippen molar-refractivity contribution in [1.29, 1.82) is 0 Å². The highest BCUT2D eigenvalue weighted by atomic mass is 79.9. The number of hydrogen-bond donors (Lipinski definition) is 0. The Balaban J connectivity index is 1.79. The Bertz CT molecular complexity index is 1040. The second kappa shape index (κ2) is 6.61. The van der Waals surface area contributed by atoms with E-state index < -0.39 is 0 Å². The maximum atomic E-state index is 4.75. The molecule has 0 aliphatic heterocycles. The summed E-state index contributed by atoms with van der Waals surface area (Å²) in [6.07, 6.45) is 0. The van der Waals surface area contributed by atoms with Gasteiger partial charge in [-0.15, -0.1) is 10.2 Å². The summed E-state index contributed by atoms with van der Waals surface area (Å²) in [5, 5.41) is 14.4. The first kappa shape index (κ1) is 16.3. The van der Waals surface area contributed by atoms with Crippen LogP contribution in [-0.4, -0.2) is 19.8 Å². The van der Waals surface area contributed by atoms with E-state index in [1.807, 2.05) is 41.8 Å². The maximum absolute atomic E-state index is 4.75. The van der Waals surface area contributed by atoms with E-state index in [4.69, 9.17) is 5.10 Å². The second-order valence-electron chi connectivity index (χ2n) is 5.77. The van der Waals surface area contributed by atoms with Gasteiger partial charge in [0.25, 0.3) is 0 Å². The van der Waals surface area contributed by atoms with Crippen LogP contribution in [0, 0.1) is 13.8 Å². The monoisotopic (exact) mass is 410 g/mol. The Morgan fingerprint density at radius 3 is 2.36 bits per heavy atom. The minimum atomic E-state index is 0.726. The summed E-state index contributed by atoms with van der Waals surface area (Å²) in [5.41, 5.74) is 4.86. The zero-order valence-electron chi connectivity index (χ0n) is 13.8. The van der Waals surface area contributed by atoms with Gasteiger partial charge in [0.15, 0.2) is 5.65 Å². The topological polar surface area (TPSA) is 43.1 Å². The van der Waals surface area contributed by atoms with Crippen molar-refractivity contribution in [2.24, 2.45) is 0 Å². The van der Waals surface area contributed by atoms with Gasteiger partial charge >= 0.3 is 0 Å². The maximum Gasteiger partial charge on any atom is 0.192 e. The summed E-state index contributed by atoms with van der Waals surface area (Å²) in [6.45, 7) is 4.10. The lowest BCUT2D eigenvalue weighted by molar-refractivity contribution is 0.788. The standard InChI is InChI=1S/C19H15BrN4S/c1-12-8-10-15(11-9-12)25-19-13(2)24-18(21-22-19)16(20)17(23-24)14-6-4-3-5-7-14/h3-11H,1-2H3. The van der Waals surface area contributed by atoms with Crippen LogP contribution < -0.4 is 0 Å². The van der Waals surface area contributed by atoms with Crippen LogP contribution in [-0.2, 0) is 0 Å². The fourth-order valence-corrected chi connectivity index (χ4v) is 3.93. The fraction of sp³-hybridized carbons (Fsp3) is 0.105. The van der Waals surface area contributed by atoms with E-state index in [0.29, 0.717) is 0 Å². The van der Waals surface area contributed by atoms with Crippen LogP contribution >= 0.6 is 27.7 Å². The summed E-state index contributed by atoms with van der Waals surface area (Å²) >= 11 is 5.23. The molecule has 2 aromatic carbocycles. The van der Waals surface area contributed by atoms with Gasteiger partial charge in [0.1, 0.15) is 10.7 Å². The van der Waals surface area contributed by atoms with Gasteiger partial charge in [0.05, 0.1) is 10.2 Å². The number of nitrogens with zero attached hydrogens (tertiary/aromatic N) is 4. The average Bonchev–Trinajstić information content (AvgIpc) is 2.98. The second-order valence-corrected chi connectivity index (χ2v) is 7.62. The molecular weight excluding hydrogens is 396 g/mol. The molecule has 4 aromatic rings. The molecule has 2 aromatic heterocycles.